The largest absolute Gasteiger partial charge is 0.394 e. The number of hydrogen-bond acceptors (Lipinski definition) is 3. The first-order chi connectivity index (χ1) is 10.9. The molecule has 2 aromatic rings. The van der Waals surface area contributed by atoms with E-state index in [0.29, 0.717) is 0 Å². The molecule has 0 heterocycles. The van der Waals surface area contributed by atoms with Crippen LogP contribution in [0.1, 0.15) is 19.4 Å². The van der Waals surface area contributed by atoms with Crippen LogP contribution >= 0.6 is 0 Å². The summed E-state index contributed by atoms with van der Waals surface area (Å²) < 4.78 is 0. The predicted octanol–water partition coefficient (Wildman–Crippen LogP) is 1.39. The topological polar surface area (TPSA) is 78.4 Å². The van der Waals surface area contributed by atoms with Gasteiger partial charge in [-0.15, -0.1) is 0 Å². The molecule has 3 N–H and O–H groups in total. The fourth-order valence-corrected chi connectivity index (χ4v) is 2.32. The molecule has 0 aromatic heterocycles. The highest BCUT2D eigenvalue weighted by molar-refractivity contribution is 5.91. The van der Waals surface area contributed by atoms with E-state index in [9.17, 15) is 9.59 Å². The molecule has 0 spiro atoms. The average molecular weight is 314 g/mol. The standard InChI is InChI=1S/C18H22N2O3/c1-18(2,12-21)20-17(23)11-19-16(22)10-14-8-5-7-13-6-3-4-9-15(13)14/h3-9,21H,10-12H2,1-2H3,(H,19,22)(H,20,23). The van der Waals surface area contributed by atoms with Gasteiger partial charge in [0.15, 0.2) is 0 Å². The molecule has 23 heavy (non-hydrogen) atoms. The molecule has 5 nitrogen and oxygen atoms in total. The molecule has 122 valence electrons. The molecular weight excluding hydrogens is 292 g/mol. The van der Waals surface area contributed by atoms with Gasteiger partial charge in [-0.1, -0.05) is 42.5 Å². The summed E-state index contributed by atoms with van der Waals surface area (Å²) in [6, 6.07) is 13.7. The molecule has 0 radical (unpaired) electrons. The second-order valence-corrected chi connectivity index (χ2v) is 6.18. The molecule has 0 saturated heterocycles. The highest BCUT2D eigenvalue weighted by atomic mass is 16.3. The van der Waals surface area contributed by atoms with E-state index < -0.39 is 5.54 Å². The van der Waals surface area contributed by atoms with Gasteiger partial charge >= 0.3 is 0 Å². The SMILES string of the molecule is CC(C)(CO)NC(=O)CNC(=O)Cc1cccc2ccccc12. The van der Waals surface area contributed by atoms with Gasteiger partial charge in [0.05, 0.1) is 25.1 Å². The molecule has 2 amide bonds. The lowest BCUT2D eigenvalue weighted by atomic mass is 10.0. The van der Waals surface area contributed by atoms with Crippen molar-refractivity contribution in [1.82, 2.24) is 10.6 Å². The number of aliphatic hydroxyl groups is 1. The van der Waals surface area contributed by atoms with Crippen LogP contribution in [0.4, 0.5) is 0 Å². The van der Waals surface area contributed by atoms with Crippen LogP contribution in [-0.4, -0.2) is 35.6 Å². The Morgan fingerprint density at radius 2 is 1.74 bits per heavy atom. The smallest absolute Gasteiger partial charge is 0.239 e. The summed E-state index contributed by atoms with van der Waals surface area (Å²) in [5, 5.41) is 16.5. The van der Waals surface area contributed by atoms with Crippen LogP contribution in [-0.2, 0) is 16.0 Å². The minimum atomic E-state index is -0.697. The van der Waals surface area contributed by atoms with E-state index in [1.807, 2.05) is 42.5 Å². The van der Waals surface area contributed by atoms with Gasteiger partial charge in [-0.25, -0.2) is 0 Å². The van der Waals surface area contributed by atoms with Crippen LogP contribution in [0, 0.1) is 0 Å². The average Bonchev–Trinajstić information content (AvgIpc) is 2.53. The Labute approximate surface area is 135 Å². The van der Waals surface area contributed by atoms with Gasteiger partial charge in [0.25, 0.3) is 0 Å². The highest BCUT2D eigenvalue weighted by Crippen LogP contribution is 2.18. The quantitative estimate of drug-likeness (QED) is 0.754. The number of aliphatic hydroxyl groups excluding tert-OH is 1. The van der Waals surface area contributed by atoms with Crippen LogP contribution < -0.4 is 10.6 Å². The molecule has 0 fully saturated rings. The van der Waals surface area contributed by atoms with Crippen molar-refractivity contribution in [1.29, 1.82) is 0 Å². The van der Waals surface area contributed by atoms with Gasteiger partial charge in [-0.2, -0.15) is 0 Å². The third-order valence-corrected chi connectivity index (χ3v) is 3.55. The Bertz CT molecular complexity index is 705. The van der Waals surface area contributed by atoms with Gasteiger partial charge < -0.3 is 15.7 Å². The minimum absolute atomic E-state index is 0.104. The summed E-state index contributed by atoms with van der Waals surface area (Å²) in [5.74, 6) is -0.534. The molecule has 0 aliphatic carbocycles. The number of hydrogen-bond donors (Lipinski definition) is 3. The number of rotatable bonds is 6. The fourth-order valence-electron chi connectivity index (χ4n) is 2.32. The molecule has 0 unspecified atom stereocenters. The van der Waals surface area contributed by atoms with Gasteiger partial charge in [-0.05, 0) is 30.2 Å². The lowest BCUT2D eigenvalue weighted by Gasteiger charge is -2.23. The van der Waals surface area contributed by atoms with Gasteiger partial charge in [0.1, 0.15) is 0 Å². The van der Waals surface area contributed by atoms with Crippen molar-refractivity contribution in [2.24, 2.45) is 0 Å². The van der Waals surface area contributed by atoms with Crippen LogP contribution in [0.15, 0.2) is 42.5 Å². The number of amides is 2. The van der Waals surface area contributed by atoms with Gasteiger partial charge in [-0.3, -0.25) is 9.59 Å². The zero-order chi connectivity index (χ0) is 16.9. The van der Waals surface area contributed by atoms with Crippen LogP contribution in [0.5, 0.6) is 0 Å². The maximum atomic E-state index is 12.1. The second kappa shape index (κ2) is 7.24. The first-order valence-corrected chi connectivity index (χ1v) is 7.56. The van der Waals surface area contributed by atoms with E-state index in [-0.39, 0.29) is 31.4 Å². The summed E-state index contributed by atoms with van der Waals surface area (Å²) in [7, 11) is 0. The summed E-state index contributed by atoms with van der Waals surface area (Å²) >= 11 is 0. The highest BCUT2D eigenvalue weighted by Gasteiger charge is 2.19. The van der Waals surface area contributed by atoms with E-state index in [4.69, 9.17) is 5.11 Å². The van der Waals surface area contributed by atoms with Crippen molar-refractivity contribution in [3.8, 4) is 0 Å². The number of benzene rings is 2. The third-order valence-electron chi connectivity index (χ3n) is 3.55. The molecule has 0 aliphatic heterocycles. The summed E-state index contributed by atoms with van der Waals surface area (Å²) in [6.07, 6.45) is 0.220. The van der Waals surface area contributed by atoms with E-state index in [1.165, 1.54) is 0 Å². The zero-order valence-electron chi connectivity index (χ0n) is 13.4. The Morgan fingerprint density at radius 3 is 2.48 bits per heavy atom. The van der Waals surface area contributed by atoms with Crippen LogP contribution in [0.3, 0.4) is 0 Å². The summed E-state index contributed by atoms with van der Waals surface area (Å²) in [4.78, 5) is 23.8. The third kappa shape index (κ3) is 4.79. The lowest BCUT2D eigenvalue weighted by molar-refractivity contribution is -0.126. The monoisotopic (exact) mass is 314 g/mol. The van der Waals surface area contributed by atoms with E-state index in [1.54, 1.807) is 13.8 Å². The number of fused-ring (bicyclic) bond motifs is 1. The lowest BCUT2D eigenvalue weighted by Crippen LogP contribution is -2.49. The normalized spacial score (nSPS) is 11.3. The summed E-state index contributed by atoms with van der Waals surface area (Å²) in [5.41, 5.74) is 0.231. The molecule has 0 atom stereocenters. The Morgan fingerprint density at radius 1 is 1.04 bits per heavy atom. The number of carbonyl (C=O) groups excluding carboxylic acids is 2. The first-order valence-electron chi connectivity index (χ1n) is 7.56. The first kappa shape index (κ1) is 17.0. The van der Waals surface area contributed by atoms with Crippen LogP contribution in [0.2, 0.25) is 0 Å². The van der Waals surface area contributed by atoms with E-state index >= 15 is 0 Å². The molecule has 0 bridgehead atoms. The molecule has 5 heteroatoms. The van der Waals surface area contributed by atoms with E-state index in [0.717, 1.165) is 16.3 Å². The Hall–Kier alpha value is -2.40. The minimum Gasteiger partial charge on any atom is -0.394 e. The maximum Gasteiger partial charge on any atom is 0.239 e. The van der Waals surface area contributed by atoms with Gasteiger partial charge in [0, 0.05) is 0 Å². The fraction of sp³-hybridized carbons (Fsp3) is 0.333. The van der Waals surface area contributed by atoms with Crippen molar-refractivity contribution >= 4 is 22.6 Å². The molecule has 2 rings (SSSR count). The molecule has 0 aliphatic rings. The van der Waals surface area contributed by atoms with Crippen molar-refractivity contribution in [3.63, 3.8) is 0 Å². The van der Waals surface area contributed by atoms with Crippen molar-refractivity contribution in [3.05, 3.63) is 48.0 Å². The van der Waals surface area contributed by atoms with Crippen molar-refractivity contribution in [2.45, 2.75) is 25.8 Å². The van der Waals surface area contributed by atoms with E-state index in [2.05, 4.69) is 10.6 Å². The molecule has 2 aromatic carbocycles. The number of carbonyl (C=O) groups is 2. The number of nitrogens with one attached hydrogen (secondary N) is 2. The molecule has 0 saturated carbocycles. The summed E-state index contributed by atoms with van der Waals surface area (Å²) in [6.45, 7) is 3.15. The maximum absolute atomic E-state index is 12.1. The van der Waals surface area contributed by atoms with Crippen molar-refractivity contribution < 1.29 is 14.7 Å². The second-order valence-electron chi connectivity index (χ2n) is 6.18. The van der Waals surface area contributed by atoms with Gasteiger partial charge in [0.2, 0.25) is 11.8 Å². The Balaban J connectivity index is 1.93. The predicted molar refractivity (Wildman–Crippen MR) is 90.0 cm³/mol. The molecular formula is C18H22N2O3. The van der Waals surface area contributed by atoms with Crippen LogP contribution in [0.25, 0.3) is 10.8 Å². The zero-order valence-corrected chi connectivity index (χ0v) is 13.4. The van der Waals surface area contributed by atoms with Crippen molar-refractivity contribution in [2.75, 3.05) is 13.2 Å². The Kier molecular flexibility index (Phi) is 5.34.